The molecule has 0 aliphatic carbocycles. The summed E-state index contributed by atoms with van der Waals surface area (Å²) in [5.74, 6) is 2.16. The molecule has 0 radical (unpaired) electrons. The van der Waals surface area contributed by atoms with E-state index >= 15 is 0 Å². The minimum Gasteiger partial charge on any atom is -0.464 e. The Hall–Kier alpha value is -1.78. The quantitative estimate of drug-likeness (QED) is 0.300. The molecule has 176 valence electrons. The lowest BCUT2D eigenvalue weighted by molar-refractivity contribution is -0.149. The van der Waals surface area contributed by atoms with Crippen molar-refractivity contribution in [2.75, 3.05) is 32.8 Å². The first-order valence-corrected chi connectivity index (χ1v) is 11.4. The van der Waals surface area contributed by atoms with Crippen LogP contribution < -0.4 is 10.6 Å². The number of nitrogens with zero attached hydrogens (tertiary/aromatic N) is 1. The SMILES string of the molecule is C#CCC(NC(=O)[C@@H]1CCCN(C(=O)CCC2CCNCC2)C1)C(=O)OCCCC.Cl. The van der Waals surface area contributed by atoms with Crippen molar-refractivity contribution >= 4 is 30.2 Å². The molecule has 2 N–H and O–H groups in total. The van der Waals surface area contributed by atoms with Crippen molar-refractivity contribution in [1.29, 1.82) is 0 Å². The highest BCUT2D eigenvalue weighted by atomic mass is 35.5. The molecular formula is C23H38ClN3O4. The summed E-state index contributed by atoms with van der Waals surface area (Å²) in [5, 5.41) is 6.10. The largest absolute Gasteiger partial charge is 0.464 e. The number of rotatable bonds is 10. The maximum absolute atomic E-state index is 12.8. The number of unbranched alkanes of at least 4 members (excludes halogenated alkanes) is 1. The number of likely N-dealkylation sites (tertiary alicyclic amines) is 1. The molecule has 31 heavy (non-hydrogen) atoms. The summed E-state index contributed by atoms with van der Waals surface area (Å²) in [7, 11) is 0. The van der Waals surface area contributed by atoms with Crippen LogP contribution in [0.1, 0.15) is 64.7 Å². The van der Waals surface area contributed by atoms with Gasteiger partial charge in [-0.3, -0.25) is 9.59 Å². The molecule has 7 nitrogen and oxygen atoms in total. The Morgan fingerprint density at radius 1 is 1.26 bits per heavy atom. The summed E-state index contributed by atoms with van der Waals surface area (Å²) in [6.45, 7) is 5.51. The van der Waals surface area contributed by atoms with Gasteiger partial charge in [0.2, 0.25) is 11.8 Å². The first kappa shape index (κ1) is 27.3. The van der Waals surface area contributed by atoms with Crippen molar-refractivity contribution in [2.45, 2.75) is 70.8 Å². The summed E-state index contributed by atoms with van der Waals surface area (Å²) in [6, 6.07) is -0.828. The van der Waals surface area contributed by atoms with Crippen LogP contribution in [0.4, 0.5) is 0 Å². The first-order valence-electron chi connectivity index (χ1n) is 11.4. The number of hydrogen-bond donors (Lipinski definition) is 2. The molecule has 0 saturated carbocycles. The highest BCUT2D eigenvalue weighted by molar-refractivity contribution is 5.87. The summed E-state index contributed by atoms with van der Waals surface area (Å²) in [5.41, 5.74) is 0. The van der Waals surface area contributed by atoms with Crippen molar-refractivity contribution in [3.05, 3.63) is 0 Å². The smallest absolute Gasteiger partial charge is 0.329 e. The summed E-state index contributed by atoms with van der Waals surface area (Å²) in [6.07, 6.45) is 12.4. The Morgan fingerprint density at radius 3 is 2.68 bits per heavy atom. The van der Waals surface area contributed by atoms with Crippen molar-refractivity contribution in [3.8, 4) is 12.3 Å². The number of ether oxygens (including phenoxy) is 1. The Balaban J connectivity index is 0.00000480. The molecule has 8 heteroatoms. The van der Waals surface area contributed by atoms with Crippen LogP contribution in [0.5, 0.6) is 0 Å². The molecule has 2 aliphatic rings. The standard InChI is InChI=1S/C23H37N3O4.ClH/c1-3-5-16-30-23(29)20(7-4-2)25-22(28)19-8-6-15-26(17-19)21(27)10-9-18-11-13-24-14-12-18;/h2,18-20,24H,3,5-17H2,1H3,(H,25,28);1H/t19-,20?;/m1./s1. The second-order valence-corrected chi connectivity index (χ2v) is 8.40. The molecule has 2 amide bonds. The molecule has 0 aromatic carbocycles. The van der Waals surface area contributed by atoms with Crippen LogP contribution >= 0.6 is 12.4 Å². The molecule has 2 atom stereocenters. The fraction of sp³-hybridized carbons (Fsp3) is 0.783. The fourth-order valence-electron chi connectivity index (χ4n) is 4.09. The number of amides is 2. The Morgan fingerprint density at radius 2 is 2.00 bits per heavy atom. The third-order valence-electron chi connectivity index (χ3n) is 6.04. The number of piperidine rings is 2. The van der Waals surface area contributed by atoms with Gasteiger partial charge in [0.05, 0.1) is 12.5 Å². The molecule has 0 aromatic heterocycles. The topological polar surface area (TPSA) is 87.7 Å². The molecule has 0 aromatic rings. The van der Waals surface area contributed by atoms with E-state index < -0.39 is 12.0 Å². The van der Waals surface area contributed by atoms with E-state index in [9.17, 15) is 14.4 Å². The Bertz CT molecular complexity index is 616. The summed E-state index contributed by atoms with van der Waals surface area (Å²) < 4.78 is 5.22. The van der Waals surface area contributed by atoms with E-state index in [1.54, 1.807) is 0 Å². The van der Waals surface area contributed by atoms with Crippen LogP contribution in [0.2, 0.25) is 0 Å². The highest BCUT2D eigenvalue weighted by Gasteiger charge is 2.31. The second-order valence-electron chi connectivity index (χ2n) is 8.40. The third-order valence-corrected chi connectivity index (χ3v) is 6.04. The molecule has 2 saturated heterocycles. The van der Waals surface area contributed by atoms with Crippen LogP contribution in [-0.2, 0) is 19.1 Å². The Labute approximate surface area is 192 Å². The van der Waals surface area contributed by atoms with Crippen LogP contribution in [0, 0.1) is 24.2 Å². The summed E-state index contributed by atoms with van der Waals surface area (Å²) in [4.78, 5) is 39.5. The van der Waals surface area contributed by atoms with Crippen molar-refractivity contribution in [3.63, 3.8) is 0 Å². The lowest BCUT2D eigenvalue weighted by atomic mass is 9.92. The molecule has 2 aliphatic heterocycles. The lowest BCUT2D eigenvalue weighted by Gasteiger charge is -2.33. The predicted molar refractivity (Wildman–Crippen MR) is 123 cm³/mol. The van der Waals surface area contributed by atoms with E-state index in [-0.39, 0.29) is 36.6 Å². The van der Waals surface area contributed by atoms with E-state index in [1.807, 2.05) is 11.8 Å². The van der Waals surface area contributed by atoms with Crippen molar-refractivity contribution < 1.29 is 19.1 Å². The van der Waals surface area contributed by atoms with E-state index in [0.717, 1.165) is 51.6 Å². The van der Waals surface area contributed by atoms with Gasteiger partial charge in [0.15, 0.2) is 0 Å². The predicted octanol–water partition coefficient (Wildman–Crippen LogP) is 2.28. The number of esters is 1. The third kappa shape index (κ3) is 9.49. The lowest BCUT2D eigenvalue weighted by Crippen LogP contribution is -2.49. The monoisotopic (exact) mass is 455 g/mol. The van der Waals surface area contributed by atoms with Crippen LogP contribution in [0.25, 0.3) is 0 Å². The average Bonchev–Trinajstić information content (AvgIpc) is 2.78. The maximum Gasteiger partial charge on any atom is 0.329 e. The van der Waals surface area contributed by atoms with Crippen molar-refractivity contribution in [1.82, 2.24) is 15.5 Å². The van der Waals surface area contributed by atoms with Gasteiger partial charge in [0, 0.05) is 25.9 Å². The molecule has 1 unspecified atom stereocenters. The number of carbonyl (C=O) groups is 3. The minimum atomic E-state index is -0.828. The number of carbonyl (C=O) groups excluding carboxylic acids is 3. The molecular weight excluding hydrogens is 418 g/mol. The molecule has 2 heterocycles. The van der Waals surface area contributed by atoms with Gasteiger partial charge in [-0.2, -0.15) is 0 Å². The first-order chi connectivity index (χ1) is 14.5. The van der Waals surface area contributed by atoms with Gasteiger partial charge in [-0.25, -0.2) is 4.79 Å². The van der Waals surface area contributed by atoms with Gasteiger partial charge in [-0.05, 0) is 57.5 Å². The average molecular weight is 456 g/mol. The molecule has 2 rings (SSSR count). The second kappa shape index (κ2) is 15.1. The van der Waals surface area contributed by atoms with Gasteiger partial charge in [-0.15, -0.1) is 24.8 Å². The minimum absolute atomic E-state index is 0. The summed E-state index contributed by atoms with van der Waals surface area (Å²) >= 11 is 0. The normalized spacial score (nSPS) is 20.1. The van der Waals surface area contributed by atoms with E-state index in [2.05, 4.69) is 16.6 Å². The van der Waals surface area contributed by atoms with Gasteiger partial charge in [0.1, 0.15) is 6.04 Å². The fourth-order valence-corrected chi connectivity index (χ4v) is 4.09. The van der Waals surface area contributed by atoms with E-state index in [4.69, 9.17) is 11.2 Å². The van der Waals surface area contributed by atoms with Gasteiger partial charge < -0.3 is 20.3 Å². The van der Waals surface area contributed by atoms with Gasteiger partial charge in [0.25, 0.3) is 0 Å². The molecule has 0 bridgehead atoms. The molecule has 0 spiro atoms. The number of terminal acetylenes is 1. The highest BCUT2D eigenvalue weighted by Crippen LogP contribution is 2.21. The molecule has 2 fully saturated rings. The van der Waals surface area contributed by atoms with Crippen molar-refractivity contribution in [2.24, 2.45) is 11.8 Å². The number of hydrogen-bond acceptors (Lipinski definition) is 5. The van der Waals surface area contributed by atoms with Crippen LogP contribution in [-0.4, -0.2) is 61.5 Å². The van der Waals surface area contributed by atoms with Crippen LogP contribution in [0.3, 0.4) is 0 Å². The zero-order chi connectivity index (χ0) is 21.8. The zero-order valence-electron chi connectivity index (χ0n) is 18.7. The Kier molecular flexibility index (Phi) is 13.3. The van der Waals surface area contributed by atoms with Gasteiger partial charge in [-0.1, -0.05) is 13.3 Å². The van der Waals surface area contributed by atoms with E-state index in [0.29, 0.717) is 38.5 Å². The number of halogens is 1. The van der Waals surface area contributed by atoms with Gasteiger partial charge >= 0.3 is 5.97 Å². The zero-order valence-corrected chi connectivity index (χ0v) is 19.5. The van der Waals surface area contributed by atoms with Crippen LogP contribution in [0.15, 0.2) is 0 Å². The maximum atomic E-state index is 12.8. The number of nitrogens with one attached hydrogen (secondary N) is 2. The van der Waals surface area contributed by atoms with E-state index in [1.165, 1.54) is 0 Å².